The number of allylic oxidation sites excluding steroid dienone is 1. The lowest BCUT2D eigenvalue weighted by Crippen LogP contribution is -2.66. The maximum Gasteiger partial charge on any atom is 0.161 e. The minimum Gasteiger partial charge on any atom is -0.390 e. The van der Waals surface area contributed by atoms with Gasteiger partial charge in [-0.05, 0) is 82.5 Å². The van der Waals surface area contributed by atoms with Gasteiger partial charge >= 0.3 is 0 Å². The van der Waals surface area contributed by atoms with Crippen molar-refractivity contribution in [2.75, 3.05) is 20.8 Å². The zero-order valence-electron chi connectivity index (χ0n) is 28.5. The van der Waals surface area contributed by atoms with Crippen molar-refractivity contribution in [3.63, 3.8) is 0 Å². The second-order valence-electron chi connectivity index (χ2n) is 15.7. The van der Waals surface area contributed by atoms with E-state index in [4.69, 9.17) is 28.4 Å². The van der Waals surface area contributed by atoms with Gasteiger partial charge in [-0.2, -0.15) is 0 Å². The molecule has 11 nitrogen and oxygen atoms in total. The van der Waals surface area contributed by atoms with E-state index < -0.39 is 71.9 Å². The first-order chi connectivity index (χ1) is 21.7. The first kappa shape index (κ1) is 35.1. The average molecular weight is 655 g/mol. The predicted octanol–water partition coefficient (Wildman–Crippen LogP) is 2.58. The minimum absolute atomic E-state index is 0.00871. The standard InChI is InChI=1S/C35H58O11/c1-19-30(38)26(42-6)17-29(43-19)46-31-20(2)44-28(16-25(31)36)45-22-9-11-32(3)21(15-22)7-8-24-23(32)10-12-33(4)34(24,39)13-14-35(33,40)27(37)18-41-5/h7,19-20,22-31,36-40H,8-18H2,1-6H3. The monoisotopic (exact) mass is 654 g/mol. The summed E-state index contributed by atoms with van der Waals surface area (Å²) in [6.45, 7) is 8.01. The van der Waals surface area contributed by atoms with Crippen LogP contribution in [0.5, 0.6) is 0 Å². The Morgan fingerprint density at radius 3 is 2.33 bits per heavy atom. The van der Waals surface area contributed by atoms with Crippen molar-refractivity contribution in [3.05, 3.63) is 11.6 Å². The molecule has 0 amide bonds. The van der Waals surface area contributed by atoms with E-state index in [0.29, 0.717) is 25.7 Å². The van der Waals surface area contributed by atoms with E-state index in [0.717, 1.165) is 32.1 Å². The Morgan fingerprint density at radius 2 is 1.63 bits per heavy atom. The van der Waals surface area contributed by atoms with Crippen LogP contribution in [0.25, 0.3) is 0 Å². The predicted molar refractivity (Wildman–Crippen MR) is 166 cm³/mol. The normalized spacial score (nSPS) is 53.1. The third-order valence-electron chi connectivity index (χ3n) is 13.6. The summed E-state index contributed by atoms with van der Waals surface area (Å²) >= 11 is 0. The highest BCUT2D eigenvalue weighted by Gasteiger charge is 2.72. The molecule has 2 heterocycles. The van der Waals surface area contributed by atoms with Crippen molar-refractivity contribution in [2.45, 2.75) is 165 Å². The Labute approximate surface area is 273 Å². The van der Waals surface area contributed by atoms with Gasteiger partial charge in [0.15, 0.2) is 12.6 Å². The summed E-state index contributed by atoms with van der Waals surface area (Å²) in [4.78, 5) is 0. The zero-order valence-corrected chi connectivity index (χ0v) is 28.5. The molecule has 3 saturated carbocycles. The van der Waals surface area contributed by atoms with Crippen LogP contribution >= 0.6 is 0 Å². The highest BCUT2D eigenvalue weighted by Crippen LogP contribution is 2.69. The van der Waals surface area contributed by atoms with Gasteiger partial charge in [-0.1, -0.05) is 25.5 Å². The van der Waals surface area contributed by atoms with E-state index in [-0.39, 0.29) is 36.4 Å². The fraction of sp³-hybridized carbons (Fsp3) is 0.943. The van der Waals surface area contributed by atoms with E-state index in [1.165, 1.54) is 12.7 Å². The Balaban J connectivity index is 1.08. The molecule has 264 valence electrons. The number of hydrogen-bond donors (Lipinski definition) is 5. The van der Waals surface area contributed by atoms with Crippen molar-refractivity contribution >= 4 is 0 Å². The number of fused-ring (bicyclic) bond motifs is 5. The molecule has 6 aliphatic rings. The van der Waals surface area contributed by atoms with Gasteiger partial charge in [0.1, 0.15) is 23.9 Å². The molecule has 4 aliphatic carbocycles. The SMILES string of the molecule is COCC(O)C1(O)CCC2(O)C3CC=C4CC(OC5CC(O)C(OC6CC(OC)C(O)C(C)O6)C(C)O5)CCC4(C)C3CCC12C. The van der Waals surface area contributed by atoms with E-state index in [1.807, 2.05) is 13.8 Å². The van der Waals surface area contributed by atoms with Crippen LogP contribution < -0.4 is 0 Å². The number of methoxy groups -OCH3 is 2. The number of hydrogen-bond acceptors (Lipinski definition) is 11. The second-order valence-corrected chi connectivity index (χ2v) is 15.7. The Morgan fingerprint density at radius 1 is 0.913 bits per heavy atom. The van der Waals surface area contributed by atoms with Crippen molar-refractivity contribution in [1.29, 1.82) is 0 Å². The third-order valence-corrected chi connectivity index (χ3v) is 13.6. The van der Waals surface area contributed by atoms with Gasteiger partial charge in [-0.15, -0.1) is 0 Å². The van der Waals surface area contributed by atoms with Gasteiger partial charge < -0.3 is 54.0 Å². The van der Waals surface area contributed by atoms with Gasteiger partial charge in [0.2, 0.25) is 0 Å². The zero-order chi connectivity index (χ0) is 33.2. The smallest absolute Gasteiger partial charge is 0.161 e. The van der Waals surface area contributed by atoms with Crippen LogP contribution in [-0.2, 0) is 28.4 Å². The quantitative estimate of drug-likeness (QED) is 0.245. The van der Waals surface area contributed by atoms with E-state index >= 15 is 0 Å². The summed E-state index contributed by atoms with van der Waals surface area (Å²) in [6, 6.07) is 0. The Hall–Kier alpha value is -0.700. The van der Waals surface area contributed by atoms with Crippen molar-refractivity contribution < 1.29 is 54.0 Å². The number of aliphatic hydroxyl groups is 5. The van der Waals surface area contributed by atoms with Crippen LogP contribution in [-0.4, -0.2) is 119 Å². The first-order valence-electron chi connectivity index (χ1n) is 17.5. The second kappa shape index (κ2) is 12.9. The highest BCUT2D eigenvalue weighted by molar-refractivity contribution is 5.30. The fourth-order valence-corrected chi connectivity index (χ4v) is 10.6. The number of ether oxygens (including phenoxy) is 6. The summed E-state index contributed by atoms with van der Waals surface area (Å²) in [5.41, 5.74) is -1.97. The lowest BCUT2D eigenvalue weighted by Gasteiger charge is -2.62. The third kappa shape index (κ3) is 5.54. The summed E-state index contributed by atoms with van der Waals surface area (Å²) in [5.74, 6) is 0.289. The molecule has 2 aliphatic heterocycles. The molecule has 0 aromatic rings. The topological polar surface area (TPSA) is 157 Å². The van der Waals surface area contributed by atoms with Gasteiger partial charge in [-0.25, -0.2) is 0 Å². The molecule has 6 rings (SSSR count). The lowest BCUT2D eigenvalue weighted by atomic mass is 9.45. The maximum absolute atomic E-state index is 12.4. The van der Waals surface area contributed by atoms with Crippen molar-refractivity contribution in [1.82, 2.24) is 0 Å². The molecule has 0 radical (unpaired) electrons. The fourth-order valence-electron chi connectivity index (χ4n) is 10.6. The molecular formula is C35H58O11. The summed E-state index contributed by atoms with van der Waals surface area (Å²) in [7, 11) is 3.08. The van der Waals surface area contributed by atoms with Gasteiger partial charge in [0.25, 0.3) is 0 Å². The largest absolute Gasteiger partial charge is 0.390 e. The maximum atomic E-state index is 12.4. The van der Waals surface area contributed by atoms with Gasteiger partial charge in [-0.3, -0.25) is 0 Å². The molecule has 0 aromatic carbocycles. The summed E-state index contributed by atoms with van der Waals surface area (Å²) in [5, 5.41) is 56.5. The number of rotatable bonds is 8. The van der Waals surface area contributed by atoms with E-state index in [2.05, 4.69) is 13.0 Å². The van der Waals surface area contributed by atoms with E-state index in [9.17, 15) is 25.5 Å². The van der Waals surface area contributed by atoms with Crippen LogP contribution in [0.1, 0.15) is 91.9 Å². The molecular weight excluding hydrogens is 596 g/mol. The molecule has 5 fully saturated rings. The molecule has 2 saturated heterocycles. The minimum atomic E-state index is -1.39. The molecule has 16 atom stereocenters. The average Bonchev–Trinajstić information content (AvgIpc) is 3.23. The number of aliphatic hydroxyl groups excluding tert-OH is 3. The Bertz CT molecular complexity index is 1110. The molecule has 0 aromatic heterocycles. The molecule has 11 heteroatoms. The van der Waals surface area contributed by atoms with E-state index in [1.54, 1.807) is 14.0 Å². The molecule has 0 bridgehead atoms. The van der Waals surface area contributed by atoms with Crippen molar-refractivity contribution in [2.24, 2.45) is 22.7 Å². The lowest BCUT2D eigenvalue weighted by molar-refractivity contribution is -0.317. The van der Waals surface area contributed by atoms with Crippen LogP contribution in [0.15, 0.2) is 11.6 Å². The van der Waals surface area contributed by atoms with Gasteiger partial charge in [0, 0.05) is 32.5 Å². The molecule has 5 N–H and O–H groups in total. The van der Waals surface area contributed by atoms with Crippen molar-refractivity contribution in [3.8, 4) is 0 Å². The van der Waals surface area contributed by atoms with Gasteiger partial charge in [0.05, 0.1) is 42.7 Å². The first-order valence-corrected chi connectivity index (χ1v) is 17.5. The molecule has 46 heavy (non-hydrogen) atoms. The van der Waals surface area contributed by atoms with Crippen LogP contribution in [0.4, 0.5) is 0 Å². The Kier molecular flexibility index (Phi) is 9.84. The van der Waals surface area contributed by atoms with Crippen LogP contribution in [0.2, 0.25) is 0 Å². The highest BCUT2D eigenvalue weighted by atomic mass is 16.7. The summed E-state index contributed by atoms with van der Waals surface area (Å²) < 4.78 is 35.3. The summed E-state index contributed by atoms with van der Waals surface area (Å²) in [6.07, 6.45) is 2.96. The van der Waals surface area contributed by atoms with Crippen LogP contribution in [0, 0.1) is 22.7 Å². The molecule has 16 unspecified atom stereocenters. The van der Waals surface area contributed by atoms with Crippen LogP contribution in [0.3, 0.4) is 0 Å². The molecule has 0 spiro atoms.